The Kier molecular flexibility index (Phi) is 4.57. The molecule has 15 heavy (non-hydrogen) atoms. The average Bonchev–Trinajstić information content (AvgIpc) is 2.25. The third-order valence-corrected chi connectivity index (χ3v) is 2.68. The predicted octanol–water partition coefficient (Wildman–Crippen LogP) is 3.04. The van der Waals surface area contributed by atoms with Gasteiger partial charge in [-0.05, 0) is 50.0 Å². The lowest BCUT2D eigenvalue weighted by molar-refractivity contribution is 0.789. The Hall–Kier alpha value is -1.08. The smallest absolute Gasteiger partial charge is 0.00111 e. The number of aryl methyl sites for hydroxylation is 1. The second-order valence-electron chi connectivity index (χ2n) is 3.98. The highest BCUT2D eigenvalue weighted by molar-refractivity contribution is 5.65. The highest BCUT2D eigenvalue weighted by Gasteiger charge is 2.03. The van der Waals surface area contributed by atoms with Gasteiger partial charge in [0.25, 0.3) is 0 Å². The molecule has 1 nitrogen and oxygen atoms in total. The van der Waals surface area contributed by atoms with Gasteiger partial charge in [0.1, 0.15) is 0 Å². The van der Waals surface area contributed by atoms with Crippen molar-refractivity contribution >= 4 is 5.57 Å². The standard InChI is InChI=1S/C14H21N/c1-5-12-6-7-14(11(2)3)13(10-12)8-9-15-4/h6-7,10,15H,2,5,8-9H2,1,3-4H3. The molecule has 0 atom stereocenters. The molecule has 0 aliphatic carbocycles. The first-order chi connectivity index (χ1) is 7.19. The number of likely N-dealkylation sites (N-methyl/N-ethyl adjacent to an activating group) is 1. The van der Waals surface area contributed by atoms with Crippen LogP contribution in [0, 0.1) is 0 Å². The minimum Gasteiger partial charge on any atom is -0.319 e. The minimum absolute atomic E-state index is 1.02. The molecule has 0 spiro atoms. The van der Waals surface area contributed by atoms with Gasteiger partial charge in [-0.1, -0.05) is 37.3 Å². The maximum atomic E-state index is 4.03. The molecule has 0 saturated heterocycles. The number of hydrogen-bond acceptors (Lipinski definition) is 1. The van der Waals surface area contributed by atoms with Crippen molar-refractivity contribution in [2.75, 3.05) is 13.6 Å². The van der Waals surface area contributed by atoms with Crippen molar-refractivity contribution in [3.63, 3.8) is 0 Å². The van der Waals surface area contributed by atoms with Gasteiger partial charge in [-0.25, -0.2) is 0 Å². The molecule has 0 unspecified atom stereocenters. The topological polar surface area (TPSA) is 12.0 Å². The molecule has 0 fully saturated rings. The Balaban J connectivity index is 2.99. The van der Waals surface area contributed by atoms with Crippen LogP contribution >= 0.6 is 0 Å². The quantitative estimate of drug-likeness (QED) is 0.775. The molecule has 0 heterocycles. The Morgan fingerprint density at radius 2 is 2.13 bits per heavy atom. The second kappa shape index (κ2) is 5.72. The van der Waals surface area contributed by atoms with Crippen LogP contribution in [-0.4, -0.2) is 13.6 Å². The lowest BCUT2D eigenvalue weighted by Gasteiger charge is -2.11. The Morgan fingerprint density at radius 1 is 1.40 bits per heavy atom. The molecule has 0 saturated carbocycles. The molecule has 1 aromatic carbocycles. The zero-order valence-corrected chi connectivity index (χ0v) is 10.1. The summed E-state index contributed by atoms with van der Waals surface area (Å²) in [7, 11) is 1.99. The molecule has 1 heteroatoms. The summed E-state index contributed by atoms with van der Waals surface area (Å²) in [5.41, 5.74) is 5.29. The maximum absolute atomic E-state index is 4.03. The van der Waals surface area contributed by atoms with Gasteiger partial charge in [-0.3, -0.25) is 0 Å². The average molecular weight is 203 g/mol. The van der Waals surface area contributed by atoms with E-state index in [9.17, 15) is 0 Å². The minimum atomic E-state index is 1.02. The number of nitrogens with one attached hydrogen (secondary N) is 1. The van der Waals surface area contributed by atoms with Gasteiger partial charge >= 0.3 is 0 Å². The zero-order valence-electron chi connectivity index (χ0n) is 10.1. The first-order valence-corrected chi connectivity index (χ1v) is 5.61. The molecule has 1 N–H and O–H groups in total. The Labute approximate surface area is 93.2 Å². The summed E-state index contributed by atoms with van der Waals surface area (Å²) in [6.45, 7) is 9.32. The van der Waals surface area contributed by atoms with Crippen LogP contribution in [0.2, 0.25) is 0 Å². The van der Waals surface area contributed by atoms with Crippen molar-refractivity contribution in [2.45, 2.75) is 26.7 Å². The second-order valence-corrected chi connectivity index (χ2v) is 3.98. The molecular formula is C14H21N. The van der Waals surface area contributed by atoms with Crippen LogP contribution in [0.15, 0.2) is 24.8 Å². The molecule has 0 aliphatic rings. The van der Waals surface area contributed by atoms with Crippen molar-refractivity contribution in [1.82, 2.24) is 5.32 Å². The molecule has 0 radical (unpaired) electrons. The fourth-order valence-corrected chi connectivity index (χ4v) is 1.75. The first-order valence-electron chi connectivity index (χ1n) is 5.61. The summed E-state index contributed by atoms with van der Waals surface area (Å²) in [4.78, 5) is 0. The third kappa shape index (κ3) is 3.21. The lowest BCUT2D eigenvalue weighted by Crippen LogP contribution is -2.11. The van der Waals surface area contributed by atoms with Crippen LogP contribution < -0.4 is 5.32 Å². The number of hydrogen-bond donors (Lipinski definition) is 1. The molecule has 1 aromatic rings. The van der Waals surface area contributed by atoms with Crippen molar-refractivity contribution in [2.24, 2.45) is 0 Å². The van der Waals surface area contributed by atoms with Crippen molar-refractivity contribution in [3.8, 4) is 0 Å². The van der Waals surface area contributed by atoms with E-state index < -0.39 is 0 Å². The van der Waals surface area contributed by atoms with E-state index in [1.54, 1.807) is 0 Å². The van der Waals surface area contributed by atoms with E-state index in [0.29, 0.717) is 0 Å². The number of allylic oxidation sites excluding steroid dienone is 1. The van der Waals surface area contributed by atoms with Crippen LogP contribution in [0.25, 0.3) is 5.57 Å². The normalized spacial score (nSPS) is 10.3. The van der Waals surface area contributed by atoms with Crippen LogP contribution in [0.1, 0.15) is 30.5 Å². The van der Waals surface area contributed by atoms with E-state index in [-0.39, 0.29) is 0 Å². The van der Waals surface area contributed by atoms with Crippen LogP contribution in [-0.2, 0) is 12.8 Å². The SMILES string of the molecule is C=C(C)c1ccc(CC)cc1CCNC. The Bertz CT molecular complexity index is 339. The van der Waals surface area contributed by atoms with E-state index in [1.807, 2.05) is 7.05 Å². The molecular weight excluding hydrogens is 182 g/mol. The predicted molar refractivity (Wildman–Crippen MR) is 68.2 cm³/mol. The summed E-state index contributed by atoms with van der Waals surface area (Å²) >= 11 is 0. The van der Waals surface area contributed by atoms with Crippen LogP contribution in [0.4, 0.5) is 0 Å². The summed E-state index contributed by atoms with van der Waals surface area (Å²) in [5, 5.41) is 3.19. The van der Waals surface area contributed by atoms with Crippen LogP contribution in [0.5, 0.6) is 0 Å². The van der Waals surface area contributed by atoms with E-state index in [0.717, 1.165) is 25.0 Å². The molecule has 0 bridgehead atoms. The van der Waals surface area contributed by atoms with Crippen molar-refractivity contribution < 1.29 is 0 Å². The van der Waals surface area contributed by atoms with E-state index in [2.05, 4.69) is 43.9 Å². The van der Waals surface area contributed by atoms with Gasteiger partial charge < -0.3 is 5.32 Å². The summed E-state index contributed by atoms with van der Waals surface area (Å²) in [6.07, 6.45) is 2.18. The van der Waals surface area contributed by atoms with E-state index in [4.69, 9.17) is 0 Å². The highest BCUT2D eigenvalue weighted by atomic mass is 14.8. The van der Waals surface area contributed by atoms with Gasteiger partial charge in [-0.2, -0.15) is 0 Å². The lowest BCUT2D eigenvalue weighted by atomic mass is 9.96. The maximum Gasteiger partial charge on any atom is -0.00111 e. The number of benzene rings is 1. The largest absolute Gasteiger partial charge is 0.319 e. The van der Waals surface area contributed by atoms with Crippen LogP contribution in [0.3, 0.4) is 0 Å². The fourth-order valence-electron chi connectivity index (χ4n) is 1.75. The van der Waals surface area contributed by atoms with Crippen molar-refractivity contribution in [3.05, 3.63) is 41.5 Å². The van der Waals surface area contributed by atoms with Crippen molar-refractivity contribution in [1.29, 1.82) is 0 Å². The van der Waals surface area contributed by atoms with Gasteiger partial charge in [-0.15, -0.1) is 0 Å². The number of rotatable bonds is 5. The monoisotopic (exact) mass is 203 g/mol. The first kappa shape index (κ1) is 12.0. The van der Waals surface area contributed by atoms with Gasteiger partial charge in [0, 0.05) is 0 Å². The van der Waals surface area contributed by atoms with E-state index >= 15 is 0 Å². The molecule has 0 amide bonds. The summed E-state index contributed by atoms with van der Waals surface area (Å²) in [5.74, 6) is 0. The third-order valence-electron chi connectivity index (χ3n) is 2.68. The zero-order chi connectivity index (χ0) is 11.3. The molecule has 0 aromatic heterocycles. The Morgan fingerprint density at radius 3 is 2.67 bits per heavy atom. The summed E-state index contributed by atoms with van der Waals surface area (Å²) < 4.78 is 0. The molecule has 0 aliphatic heterocycles. The summed E-state index contributed by atoms with van der Waals surface area (Å²) in [6, 6.07) is 6.71. The van der Waals surface area contributed by atoms with Gasteiger partial charge in [0.15, 0.2) is 0 Å². The van der Waals surface area contributed by atoms with Gasteiger partial charge in [0.2, 0.25) is 0 Å². The van der Waals surface area contributed by atoms with E-state index in [1.165, 1.54) is 16.7 Å². The molecule has 1 rings (SSSR count). The van der Waals surface area contributed by atoms with Gasteiger partial charge in [0.05, 0.1) is 0 Å². The fraction of sp³-hybridized carbons (Fsp3) is 0.429. The highest BCUT2D eigenvalue weighted by Crippen LogP contribution is 2.19. The molecule has 82 valence electrons.